The van der Waals surface area contributed by atoms with E-state index in [2.05, 4.69) is 0 Å². The zero-order valence-electron chi connectivity index (χ0n) is 4.96. The van der Waals surface area contributed by atoms with E-state index in [-0.39, 0.29) is 6.61 Å². The smallest absolute Gasteiger partial charge is 0.141 e. The number of allylic oxidation sites excluding steroid dienone is 2. The molecule has 0 heterocycles. The Hall–Kier alpha value is -0.695. The molecule has 0 aliphatic heterocycles. The Labute approximate surface area is 50.1 Å². The Kier molecular flexibility index (Phi) is 4.08. The van der Waals surface area contributed by atoms with E-state index >= 15 is 0 Å². The summed E-state index contributed by atoms with van der Waals surface area (Å²) in [5.41, 5.74) is 6.08. The highest BCUT2D eigenvalue weighted by atomic mass is 16.2. The molecule has 2 nitrogen and oxygen atoms in total. The lowest BCUT2D eigenvalue weighted by molar-refractivity contribution is 0.342. The molecule has 0 aromatic rings. The molecule has 0 bridgehead atoms. The number of hydrogen-bond donors (Lipinski definition) is 2. The number of hydrogen-bond acceptors (Lipinski definition) is 2. The Balaban J connectivity index is 3.53. The molecule has 0 aromatic heterocycles. The van der Waals surface area contributed by atoms with Crippen LogP contribution < -0.4 is 5.73 Å². The molecule has 0 amide bonds. The van der Waals surface area contributed by atoms with Gasteiger partial charge in [-0.05, 0) is 6.20 Å². The van der Waals surface area contributed by atoms with Gasteiger partial charge in [0.25, 0.3) is 0 Å². The van der Waals surface area contributed by atoms with Gasteiger partial charge < -0.3 is 10.8 Å². The summed E-state index contributed by atoms with van der Waals surface area (Å²) >= 11 is 0. The predicted octanol–water partition coefficient (Wildman–Crippen LogP) is -1.03. The van der Waals surface area contributed by atoms with Crippen molar-refractivity contribution in [2.75, 3.05) is 6.61 Å². The largest absolute Gasteiger partial charge is 0.405 e. The van der Waals surface area contributed by atoms with Crippen molar-refractivity contribution >= 4 is 7.85 Å². The van der Waals surface area contributed by atoms with Crippen molar-refractivity contribution < 1.29 is 5.11 Å². The number of nitrogens with two attached hydrogens (primary N) is 1. The fraction of sp³-hybridized carbons (Fsp3) is 0.200. The Morgan fingerprint density at radius 1 is 1.75 bits per heavy atom. The highest BCUT2D eigenvalue weighted by Crippen LogP contribution is 1.83. The normalized spacial score (nSPS) is 12.9. The van der Waals surface area contributed by atoms with Crippen LogP contribution in [0.2, 0.25) is 0 Å². The van der Waals surface area contributed by atoms with Gasteiger partial charge in [-0.15, -0.1) is 0 Å². The van der Waals surface area contributed by atoms with Crippen LogP contribution in [0.4, 0.5) is 0 Å². The van der Waals surface area contributed by atoms with Crippen LogP contribution in [0, 0.1) is 0 Å². The molecule has 0 radical (unpaired) electrons. The summed E-state index contributed by atoms with van der Waals surface area (Å²) in [6.07, 6.45) is 4.89. The van der Waals surface area contributed by atoms with Gasteiger partial charge in [-0.25, -0.2) is 0 Å². The molecule has 44 valence electrons. The summed E-state index contributed by atoms with van der Waals surface area (Å²) in [6.45, 7) is 0.0746. The molecule has 0 saturated heterocycles. The zero-order valence-corrected chi connectivity index (χ0v) is 4.96. The maximum atomic E-state index is 8.26. The lowest BCUT2D eigenvalue weighted by Crippen LogP contribution is -1.84. The van der Waals surface area contributed by atoms with E-state index in [4.69, 9.17) is 10.8 Å². The number of aliphatic hydroxyl groups is 1. The third-order valence-electron chi connectivity index (χ3n) is 0.749. The fourth-order valence-corrected chi connectivity index (χ4v) is 0.294. The first-order chi connectivity index (χ1) is 3.81. The summed E-state index contributed by atoms with van der Waals surface area (Å²) < 4.78 is 0. The Bertz CT molecular complexity index is 109. The van der Waals surface area contributed by atoms with E-state index in [0.29, 0.717) is 0 Å². The van der Waals surface area contributed by atoms with Gasteiger partial charge >= 0.3 is 0 Å². The molecule has 3 heteroatoms. The van der Waals surface area contributed by atoms with Crippen molar-refractivity contribution in [3.8, 4) is 0 Å². The van der Waals surface area contributed by atoms with Gasteiger partial charge in [0.1, 0.15) is 7.85 Å². The molecule has 8 heavy (non-hydrogen) atoms. The van der Waals surface area contributed by atoms with Gasteiger partial charge in [0.15, 0.2) is 0 Å². The van der Waals surface area contributed by atoms with Crippen LogP contribution in [0.15, 0.2) is 23.8 Å². The van der Waals surface area contributed by atoms with E-state index < -0.39 is 0 Å². The highest BCUT2D eigenvalue weighted by Gasteiger charge is 1.73. The van der Waals surface area contributed by atoms with Crippen LogP contribution in [0.3, 0.4) is 0 Å². The van der Waals surface area contributed by atoms with Gasteiger partial charge in [0.05, 0.1) is 6.61 Å². The molecule has 0 atom stereocenters. The molecule has 0 spiro atoms. The van der Waals surface area contributed by atoms with E-state index in [9.17, 15) is 0 Å². The van der Waals surface area contributed by atoms with Crippen LogP contribution in [0.25, 0.3) is 0 Å². The minimum Gasteiger partial charge on any atom is -0.405 e. The van der Waals surface area contributed by atoms with Crippen molar-refractivity contribution in [1.82, 2.24) is 0 Å². The van der Waals surface area contributed by atoms with Crippen molar-refractivity contribution in [2.45, 2.75) is 0 Å². The van der Waals surface area contributed by atoms with E-state index in [1.807, 2.05) is 7.85 Å². The first-order valence-corrected chi connectivity index (χ1v) is 2.47. The lowest BCUT2D eigenvalue weighted by Gasteiger charge is -1.83. The maximum Gasteiger partial charge on any atom is 0.141 e. The average Bonchev–Trinajstić information content (AvgIpc) is 1.83. The quantitative estimate of drug-likeness (QED) is 0.353. The molecule has 0 aromatic carbocycles. The second-order valence-corrected chi connectivity index (χ2v) is 1.50. The Morgan fingerprint density at radius 2 is 2.38 bits per heavy atom. The Morgan fingerprint density at radius 3 is 2.75 bits per heavy atom. The van der Waals surface area contributed by atoms with E-state index in [0.717, 1.165) is 5.47 Å². The van der Waals surface area contributed by atoms with Gasteiger partial charge in [-0.1, -0.05) is 17.6 Å². The van der Waals surface area contributed by atoms with E-state index in [1.54, 1.807) is 12.2 Å². The molecule has 0 saturated carbocycles. The van der Waals surface area contributed by atoms with Crippen LogP contribution in [-0.4, -0.2) is 19.6 Å². The monoisotopic (exact) mass is 111 g/mol. The van der Waals surface area contributed by atoms with Crippen LogP contribution in [0.5, 0.6) is 0 Å². The predicted molar refractivity (Wildman–Crippen MR) is 37.0 cm³/mol. The molecule has 0 aliphatic carbocycles. The summed E-state index contributed by atoms with van der Waals surface area (Å²) in [6, 6.07) is 0. The second-order valence-electron chi connectivity index (χ2n) is 1.50. The number of rotatable bonds is 2. The first kappa shape index (κ1) is 7.30. The van der Waals surface area contributed by atoms with Gasteiger partial charge in [0, 0.05) is 0 Å². The number of aliphatic hydroxyl groups excluding tert-OH is 1. The van der Waals surface area contributed by atoms with Gasteiger partial charge in [0.2, 0.25) is 0 Å². The lowest BCUT2D eigenvalue weighted by atomic mass is 9.97. The summed E-state index contributed by atoms with van der Waals surface area (Å²) in [5.74, 6) is 0. The summed E-state index contributed by atoms with van der Waals surface area (Å²) in [7, 11) is 1.87. The molecule has 0 rings (SSSR count). The summed E-state index contributed by atoms with van der Waals surface area (Å²) in [4.78, 5) is 0. The van der Waals surface area contributed by atoms with Gasteiger partial charge in [-0.2, -0.15) is 0 Å². The fourth-order valence-electron chi connectivity index (χ4n) is 0.294. The SMILES string of the molecule is BC(/C=C\CO)=C/N. The second kappa shape index (κ2) is 4.46. The van der Waals surface area contributed by atoms with Crippen molar-refractivity contribution in [2.24, 2.45) is 5.73 Å². The van der Waals surface area contributed by atoms with Crippen LogP contribution in [-0.2, 0) is 0 Å². The highest BCUT2D eigenvalue weighted by molar-refractivity contribution is 6.23. The zero-order chi connectivity index (χ0) is 6.41. The maximum absolute atomic E-state index is 8.26. The standard InChI is InChI=1S/C5H10BNO/c6-5(4-7)2-1-3-8/h1-2,4,8H,3,6-7H2/b2-1-,5-4+. The minimum atomic E-state index is 0.0746. The molecule has 0 aliphatic rings. The average molecular weight is 111 g/mol. The first-order valence-electron chi connectivity index (χ1n) is 2.47. The molecular formula is C5H10BNO. The third kappa shape index (κ3) is 3.49. The third-order valence-corrected chi connectivity index (χ3v) is 0.749. The van der Waals surface area contributed by atoms with Crippen LogP contribution >= 0.6 is 0 Å². The van der Waals surface area contributed by atoms with Gasteiger partial charge in [-0.3, -0.25) is 0 Å². The van der Waals surface area contributed by atoms with Crippen molar-refractivity contribution in [1.29, 1.82) is 0 Å². The topological polar surface area (TPSA) is 46.2 Å². The molecule has 0 fully saturated rings. The molecule has 0 unspecified atom stereocenters. The molecule has 3 N–H and O–H groups in total. The molecular weight excluding hydrogens is 101 g/mol. The van der Waals surface area contributed by atoms with Crippen molar-refractivity contribution in [3.05, 3.63) is 23.8 Å². The van der Waals surface area contributed by atoms with E-state index in [1.165, 1.54) is 6.20 Å². The van der Waals surface area contributed by atoms with Crippen LogP contribution in [0.1, 0.15) is 0 Å². The van der Waals surface area contributed by atoms with Crippen molar-refractivity contribution in [3.63, 3.8) is 0 Å². The minimum absolute atomic E-state index is 0.0746. The summed E-state index contributed by atoms with van der Waals surface area (Å²) in [5, 5.41) is 8.26.